The fourth-order valence-corrected chi connectivity index (χ4v) is 13.3. The number of fused-ring (bicyclic) bond motifs is 9. The third-order valence-corrected chi connectivity index (χ3v) is 16.4. The number of amides is 2. The summed E-state index contributed by atoms with van der Waals surface area (Å²) in [5.74, 6) is 0.887. The normalized spacial score (nSPS) is 27.1. The van der Waals surface area contributed by atoms with Crippen molar-refractivity contribution in [1.82, 2.24) is 21.6 Å². The molecule has 1 N–H and O–H groups in total. The first kappa shape index (κ1) is 32.5. The number of rotatable bonds is 7. The van der Waals surface area contributed by atoms with Gasteiger partial charge in [0, 0.05) is 13.6 Å². The number of carbonyl (C=O) groups is 2. The Balaban J connectivity index is 1.31. The van der Waals surface area contributed by atoms with Crippen LogP contribution in [0.15, 0.2) is 36.4 Å². The van der Waals surface area contributed by atoms with Crippen LogP contribution in [-0.2, 0) is 21.5 Å². The molecule has 2 aromatic carbocycles. The molecule has 2 aliphatic carbocycles. The van der Waals surface area contributed by atoms with Crippen LogP contribution < -0.4 is 30.9 Å². The van der Waals surface area contributed by atoms with E-state index in [4.69, 9.17) is 4.74 Å². The number of halogens is 1. The Kier molecular flexibility index (Phi) is 8.12. The molecular weight excluding hydrogens is 741 g/mol. The van der Waals surface area contributed by atoms with E-state index in [0.717, 1.165) is 70.9 Å². The molecule has 4 fully saturated rings. The fourth-order valence-electron chi connectivity index (χ4n) is 9.03. The van der Waals surface area contributed by atoms with Gasteiger partial charge < -0.3 is 0 Å². The average Bonchev–Trinajstić information content (AvgIpc) is 3.67. The molecule has 2 saturated heterocycles. The van der Waals surface area contributed by atoms with Crippen molar-refractivity contribution >= 4 is 32.9 Å². The Labute approximate surface area is 293 Å². The van der Waals surface area contributed by atoms with E-state index in [-0.39, 0.29) is 45.9 Å². The van der Waals surface area contributed by atoms with E-state index in [1.807, 2.05) is 18.2 Å². The molecule has 2 amide bonds. The van der Waals surface area contributed by atoms with Crippen LogP contribution in [0.4, 0.5) is 0 Å². The van der Waals surface area contributed by atoms with Crippen LogP contribution in [0.2, 0.25) is 0 Å². The van der Waals surface area contributed by atoms with E-state index >= 15 is 4.79 Å². The van der Waals surface area contributed by atoms with E-state index in [1.54, 1.807) is 20.1 Å². The van der Waals surface area contributed by atoms with Gasteiger partial charge in [-0.05, 0) is 0 Å². The van der Waals surface area contributed by atoms with Gasteiger partial charge in [-0.25, -0.2) is 0 Å². The van der Waals surface area contributed by atoms with Gasteiger partial charge in [0.1, 0.15) is 0 Å². The molecule has 4 atom stereocenters. The van der Waals surface area contributed by atoms with Gasteiger partial charge in [0.15, 0.2) is 0 Å². The van der Waals surface area contributed by atoms with Crippen molar-refractivity contribution in [2.75, 3.05) is 34.3 Å². The summed E-state index contributed by atoms with van der Waals surface area (Å²) >= 11 is -0.244. The van der Waals surface area contributed by atoms with Gasteiger partial charge in [0.05, 0.1) is 0 Å². The Morgan fingerprint density at radius 2 is 1.88 bits per heavy atom. The first-order valence-electron chi connectivity index (χ1n) is 17.4. The van der Waals surface area contributed by atoms with Crippen LogP contribution >= 0.6 is 0 Å². The van der Waals surface area contributed by atoms with Crippen LogP contribution in [0.1, 0.15) is 91.6 Å². The second kappa shape index (κ2) is 12.0. The van der Waals surface area contributed by atoms with Crippen LogP contribution in [0.3, 0.4) is 0 Å². The van der Waals surface area contributed by atoms with Gasteiger partial charge in [-0.1, -0.05) is 6.92 Å². The van der Waals surface area contributed by atoms with Crippen LogP contribution in [-0.4, -0.2) is 81.5 Å². The summed E-state index contributed by atoms with van der Waals surface area (Å²) in [6.45, 7) is 3.47. The number of hydrogen-bond acceptors (Lipinski definition) is 6. The molecule has 2 bridgehead atoms. The molecule has 2 saturated carbocycles. The maximum absolute atomic E-state index is 15.0. The average molecular weight is 787 g/mol. The Hall–Kier alpha value is -2.68. The van der Waals surface area contributed by atoms with Crippen molar-refractivity contribution in [3.63, 3.8) is 0 Å². The second-order valence-electron chi connectivity index (χ2n) is 14.4. The molecule has 4 heterocycles. The number of likely N-dealkylation sites (N-methyl/N-ethyl adjacent to an activating group) is 1. The number of hydrogen-bond donors (Lipinski definition) is 1. The van der Waals surface area contributed by atoms with Crippen LogP contribution in [0, 0.1) is 5.41 Å². The third kappa shape index (κ3) is 5.10. The monoisotopic (exact) mass is 786 g/mol. The van der Waals surface area contributed by atoms with Gasteiger partial charge in [-0.15, -0.1) is 0 Å². The van der Waals surface area contributed by atoms with Crippen molar-refractivity contribution in [2.45, 2.75) is 86.8 Å². The summed E-state index contributed by atoms with van der Waals surface area (Å²) in [6.07, 6.45) is 8.74. The van der Waals surface area contributed by atoms with Crippen molar-refractivity contribution in [2.24, 2.45) is 5.41 Å². The quantitative estimate of drug-likeness (QED) is 0.170. The van der Waals surface area contributed by atoms with Crippen molar-refractivity contribution in [3.8, 4) is 17.0 Å². The molecule has 258 valence electrons. The summed E-state index contributed by atoms with van der Waals surface area (Å²) in [4.78, 5) is 30.8. The summed E-state index contributed by atoms with van der Waals surface area (Å²) in [5, 5.41) is 1.09. The minimum atomic E-state index is -3.97. The van der Waals surface area contributed by atoms with Crippen molar-refractivity contribution < 1.29 is 44.2 Å². The second-order valence-corrected chi connectivity index (χ2v) is 19.8. The zero-order valence-corrected chi connectivity index (χ0v) is 31.1. The Bertz CT molecular complexity index is 1910. The number of carbonyl (C=O) groups excluding carboxylic acids is 2. The number of alkyl halides is 1. The predicted octanol–water partition coefficient (Wildman–Crippen LogP) is 2.04. The summed E-state index contributed by atoms with van der Waals surface area (Å²) in [6, 6.07) is 12.3. The van der Waals surface area contributed by atoms with Crippen molar-refractivity contribution in [3.05, 3.63) is 53.1 Å². The van der Waals surface area contributed by atoms with Gasteiger partial charge in [-0.3, -0.25) is 0 Å². The predicted molar refractivity (Wildman–Crippen MR) is 181 cm³/mol. The molecule has 10 nitrogen and oxygen atoms in total. The molecular formula is C36H45IN5O5S-. The first-order valence-corrected chi connectivity index (χ1v) is 21.0. The summed E-state index contributed by atoms with van der Waals surface area (Å²) in [5.41, 5.74) is 5.40. The number of aromatic nitrogens is 1. The molecule has 4 unspecified atom stereocenters. The van der Waals surface area contributed by atoms with E-state index in [0.29, 0.717) is 22.1 Å². The van der Waals surface area contributed by atoms with Crippen molar-refractivity contribution in [1.29, 1.82) is 0 Å². The molecule has 3 aromatic rings. The molecule has 0 radical (unpaired) electrons. The van der Waals surface area contributed by atoms with E-state index < -0.39 is 21.5 Å². The van der Waals surface area contributed by atoms with Gasteiger partial charge >= 0.3 is 262 Å². The zero-order chi connectivity index (χ0) is 33.5. The number of ether oxygens (including phenoxy) is 1. The summed E-state index contributed by atoms with van der Waals surface area (Å²) in [7, 11) is 1.38. The fraction of sp³-hybridized carbons (Fsp3) is 0.556. The SMILES string of the molecule is CCN(C)S(=O)(=O)NC(=O)c1ccc2c(C3CCCCC3)c3n(c2c1)CC1(C(=O)N2C4CCC2[I-]N(C)C4)CC1c1cc(OC)ccc1-3. The zero-order valence-electron chi connectivity index (χ0n) is 28.2. The molecule has 3 aliphatic heterocycles. The maximum atomic E-state index is 15.0. The molecule has 5 aliphatic rings. The third-order valence-electron chi connectivity index (χ3n) is 11.7. The molecule has 1 aromatic heterocycles. The molecule has 48 heavy (non-hydrogen) atoms. The van der Waals surface area contributed by atoms with E-state index in [1.165, 1.54) is 37.4 Å². The van der Waals surface area contributed by atoms with Crippen LogP contribution in [0.25, 0.3) is 22.2 Å². The van der Waals surface area contributed by atoms with Gasteiger partial charge in [0.25, 0.3) is 0 Å². The number of benzene rings is 2. The summed E-state index contributed by atoms with van der Waals surface area (Å²) < 4.78 is 39.9. The van der Waals surface area contributed by atoms with E-state index in [2.05, 4.69) is 36.5 Å². The first-order chi connectivity index (χ1) is 23.1. The van der Waals surface area contributed by atoms with E-state index in [9.17, 15) is 13.2 Å². The molecule has 0 spiro atoms. The van der Waals surface area contributed by atoms with Crippen LogP contribution in [0.5, 0.6) is 5.75 Å². The molecule has 12 heteroatoms. The number of methoxy groups -OCH3 is 1. The van der Waals surface area contributed by atoms with Gasteiger partial charge in [-0.2, -0.15) is 12.7 Å². The standard InChI is InChI=1S/C36H45IN5O5S/c1-5-40(3)48(45,46)38-34(43)23-11-14-27-30(17-23)41-21-36(35(44)42-24-12-16-31(42)37-39(2)20-24)19-29(36)28-18-25(47-4)13-15-26(28)33(41)32(27)22-9-7-6-8-10-22/h11,13-15,17-18,22,24,29,31H,5-10,12,16,19-21H2,1-4H3,(H,38,43)/q-1. The number of nitrogens with one attached hydrogen (secondary N) is 1. The minimum absolute atomic E-state index is 0.0858. The topological polar surface area (TPSA) is 104 Å². The molecule has 8 rings (SSSR count). The Morgan fingerprint density at radius 1 is 1.08 bits per heavy atom. The van der Waals surface area contributed by atoms with Gasteiger partial charge in [0.2, 0.25) is 0 Å². The number of nitrogens with zero attached hydrogens (tertiary/aromatic N) is 4. The Morgan fingerprint density at radius 3 is 2.60 bits per heavy atom.